The number of hydrogen-bond acceptors (Lipinski definition) is 8. The lowest BCUT2D eigenvalue weighted by Crippen LogP contribution is -2.29. The zero-order chi connectivity index (χ0) is 28.3. The molecular weight excluding hydrogens is 515 g/mol. The summed E-state index contributed by atoms with van der Waals surface area (Å²) < 4.78 is 58.0. The Morgan fingerprint density at radius 3 is 2.37 bits per heavy atom. The van der Waals surface area contributed by atoms with Crippen LogP contribution in [0.5, 0.6) is 0 Å². The molecule has 4 N–H and O–H groups in total. The molecule has 0 amide bonds. The Morgan fingerprint density at radius 1 is 1.18 bits per heavy atom. The van der Waals surface area contributed by atoms with Gasteiger partial charge in [0.05, 0.1) is 29.2 Å². The smallest absolute Gasteiger partial charge is 0.475 e. The lowest BCUT2D eigenvalue weighted by Gasteiger charge is -2.27. The molecule has 1 aliphatic carbocycles. The summed E-state index contributed by atoms with van der Waals surface area (Å²) in [7, 11) is 1.82. The molecule has 0 spiro atoms. The highest BCUT2D eigenvalue weighted by Gasteiger charge is 2.38. The van der Waals surface area contributed by atoms with Crippen molar-refractivity contribution in [3.05, 3.63) is 24.5 Å². The third-order valence-corrected chi connectivity index (χ3v) is 5.88. The van der Waals surface area contributed by atoms with Gasteiger partial charge in [0.15, 0.2) is 0 Å². The zero-order valence-corrected chi connectivity index (χ0v) is 21.2. The van der Waals surface area contributed by atoms with Crippen molar-refractivity contribution in [3.63, 3.8) is 0 Å². The molecule has 0 bridgehead atoms. The van der Waals surface area contributed by atoms with Crippen molar-refractivity contribution < 1.29 is 37.0 Å². The Hall–Kier alpha value is -3.29. The van der Waals surface area contributed by atoms with Crippen LogP contribution >= 0.6 is 0 Å². The van der Waals surface area contributed by atoms with E-state index in [1.807, 2.05) is 19.2 Å². The maximum Gasteiger partial charge on any atom is 0.490 e. The molecule has 2 aromatic rings. The number of nitrogens with one attached hydrogen (secondary N) is 2. The Labute approximate surface area is 217 Å². The van der Waals surface area contributed by atoms with Gasteiger partial charge in [-0.3, -0.25) is 4.98 Å². The van der Waals surface area contributed by atoms with Gasteiger partial charge in [0.1, 0.15) is 18.7 Å². The van der Waals surface area contributed by atoms with Gasteiger partial charge in [-0.25, -0.2) is 18.6 Å². The summed E-state index contributed by atoms with van der Waals surface area (Å²) in [5, 5.41) is 23.3. The molecule has 9 nitrogen and oxygen atoms in total. The van der Waals surface area contributed by atoms with Crippen LogP contribution in [-0.4, -0.2) is 82.4 Å². The average molecular weight is 549 g/mol. The number of carbonyl (C=O) groups is 1. The van der Waals surface area contributed by atoms with Gasteiger partial charge < -0.3 is 25.7 Å². The van der Waals surface area contributed by atoms with Gasteiger partial charge in [-0.1, -0.05) is 6.92 Å². The number of carboxylic acid groups (broad SMARTS) is 1. The number of anilines is 3. The lowest BCUT2D eigenvalue weighted by atomic mass is 9.93. The highest BCUT2D eigenvalue weighted by atomic mass is 19.4. The average Bonchev–Trinajstić information content (AvgIpc) is 2.89. The van der Waals surface area contributed by atoms with Gasteiger partial charge in [-0.15, -0.1) is 0 Å². The third-order valence-electron chi connectivity index (χ3n) is 5.88. The van der Waals surface area contributed by atoms with Gasteiger partial charge >= 0.3 is 12.1 Å². The SMILES string of the molecule is CC[C@H](F)CNc1ncc(-c2ccc(N(C)CCF)cn2)c(NC2CCC(O)CC2)n1.O=C(O)C(F)(F)F. The fraction of sp³-hybridized carbons (Fsp3) is 0.583. The van der Waals surface area contributed by atoms with Crippen molar-refractivity contribution in [2.45, 2.75) is 63.5 Å². The predicted octanol–water partition coefficient (Wildman–Crippen LogP) is 4.45. The summed E-state index contributed by atoms with van der Waals surface area (Å²) in [6.45, 7) is 1.82. The minimum absolute atomic E-state index is 0.152. The van der Waals surface area contributed by atoms with Crippen LogP contribution in [0.2, 0.25) is 0 Å². The Balaban J connectivity index is 0.000000638. The van der Waals surface area contributed by atoms with Crippen LogP contribution in [0.3, 0.4) is 0 Å². The van der Waals surface area contributed by atoms with E-state index in [0.29, 0.717) is 30.4 Å². The summed E-state index contributed by atoms with van der Waals surface area (Å²) in [5.74, 6) is -1.77. The van der Waals surface area contributed by atoms with Crippen molar-refractivity contribution >= 4 is 23.4 Å². The van der Waals surface area contributed by atoms with E-state index in [-0.39, 0.29) is 18.7 Å². The lowest BCUT2D eigenvalue weighted by molar-refractivity contribution is -0.192. The van der Waals surface area contributed by atoms with Crippen molar-refractivity contribution in [3.8, 4) is 11.3 Å². The molecule has 1 saturated carbocycles. The molecule has 3 rings (SSSR count). The van der Waals surface area contributed by atoms with Gasteiger partial charge in [0.2, 0.25) is 5.95 Å². The molecule has 0 saturated heterocycles. The maximum absolute atomic E-state index is 13.6. The largest absolute Gasteiger partial charge is 0.490 e. The Bertz CT molecular complexity index is 1000. The summed E-state index contributed by atoms with van der Waals surface area (Å²) in [6, 6.07) is 3.93. The molecule has 0 unspecified atom stereocenters. The standard InChI is InChI=1S/C22H32F2N6O.C2HF3O2/c1-3-15(24)12-26-22-27-14-19(20-9-6-17(13-25-20)30(2)11-10-23)21(29-22)28-16-4-7-18(31)8-5-16;3-2(4,5)1(6)7/h6,9,13-16,18,31H,3-5,7-8,10-12H2,1-2H3,(H2,26,27,28,29);(H,6,7)/t15-,16?,18?;/m0./s1. The number of carboxylic acids is 1. The molecule has 1 fully saturated rings. The number of aliphatic carboxylic acids is 1. The van der Waals surface area contributed by atoms with Crippen LogP contribution in [0, 0.1) is 0 Å². The number of hydrogen-bond donors (Lipinski definition) is 4. The molecule has 38 heavy (non-hydrogen) atoms. The molecule has 1 aliphatic rings. The second-order valence-electron chi connectivity index (χ2n) is 8.81. The van der Waals surface area contributed by atoms with E-state index in [1.54, 1.807) is 24.2 Å². The van der Waals surface area contributed by atoms with Crippen molar-refractivity contribution in [1.82, 2.24) is 15.0 Å². The fourth-order valence-corrected chi connectivity index (χ4v) is 3.55. The first-order chi connectivity index (χ1) is 17.9. The van der Waals surface area contributed by atoms with Crippen LogP contribution in [0.15, 0.2) is 24.5 Å². The number of pyridine rings is 1. The second kappa shape index (κ2) is 14.6. The highest BCUT2D eigenvalue weighted by Crippen LogP contribution is 2.29. The maximum atomic E-state index is 13.6. The van der Waals surface area contributed by atoms with Gasteiger partial charge in [-0.2, -0.15) is 18.2 Å². The molecule has 0 aromatic carbocycles. The molecule has 2 aromatic heterocycles. The molecule has 14 heteroatoms. The molecule has 212 valence electrons. The van der Waals surface area contributed by atoms with E-state index < -0.39 is 25.0 Å². The van der Waals surface area contributed by atoms with Crippen LogP contribution in [0.4, 0.5) is 39.4 Å². The topological polar surface area (TPSA) is 124 Å². The predicted molar refractivity (Wildman–Crippen MR) is 134 cm³/mol. The Kier molecular flexibility index (Phi) is 11.9. The van der Waals surface area contributed by atoms with Crippen LogP contribution in [0.1, 0.15) is 39.0 Å². The zero-order valence-electron chi connectivity index (χ0n) is 21.2. The molecule has 0 radical (unpaired) electrons. The summed E-state index contributed by atoms with van der Waals surface area (Å²) in [4.78, 5) is 24.2. The summed E-state index contributed by atoms with van der Waals surface area (Å²) in [6.07, 6.45) is 0.698. The molecule has 2 heterocycles. The number of aliphatic hydroxyl groups is 1. The minimum Gasteiger partial charge on any atom is -0.475 e. The van der Waals surface area contributed by atoms with Crippen molar-refractivity contribution in [1.29, 1.82) is 0 Å². The van der Waals surface area contributed by atoms with Crippen LogP contribution in [-0.2, 0) is 4.79 Å². The van der Waals surface area contributed by atoms with Crippen LogP contribution in [0.25, 0.3) is 11.3 Å². The van der Waals surface area contributed by atoms with E-state index in [9.17, 15) is 27.1 Å². The van der Waals surface area contributed by atoms with Gasteiger partial charge in [-0.05, 0) is 44.2 Å². The second-order valence-corrected chi connectivity index (χ2v) is 8.81. The van der Waals surface area contributed by atoms with Gasteiger partial charge in [0.25, 0.3) is 0 Å². The van der Waals surface area contributed by atoms with E-state index in [0.717, 1.165) is 36.9 Å². The first-order valence-electron chi connectivity index (χ1n) is 12.2. The number of aliphatic hydroxyl groups excluding tert-OH is 1. The third kappa shape index (κ3) is 9.88. The van der Waals surface area contributed by atoms with Crippen LogP contribution < -0.4 is 15.5 Å². The van der Waals surface area contributed by atoms with E-state index >= 15 is 0 Å². The van der Waals surface area contributed by atoms with Crippen molar-refractivity contribution in [2.75, 3.05) is 42.3 Å². The van der Waals surface area contributed by atoms with Gasteiger partial charge in [0, 0.05) is 32.4 Å². The summed E-state index contributed by atoms with van der Waals surface area (Å²) in [5.41, 5.74) is 2.26. The number of rotatable bonds is 10. The van der Waals surface area contributed by atoms with E-state index in [4.69, 9.17) is 9.90 Å². The number of nitrogens with zero attached hydrogens (tertiary/aromatic N) is 4. The van der Waals surface area contributed by atoms with E-state index in [1.165, 1.54) is 0 Å². The number of halogens is 5. The first-order valence-corrected chi connectivity index (χ1v) is 12.2. The first kappa shape index (κ1) is 30.9. The quantitative estimate of drug-likeness (QED) is 0.319. The minimum atomic E-state index is -5.08. The number of aromatic nitrogens is 3. The molecular formula is C24H33F5N6O3. The fourth-order valence-electron chi connectivity index (χ4n) is 3.55. The van der Waals surface area contributed by atoms with E-state index in [2.05, 4.69) is 25.6 Å². The molecule has 0 aliphatic heterocycles. The highest BCUT2D eigenvalue weighted by molar-refractivity contribution is 5.74. The summed E-state index contributed by atoms with van der Waals surface area (Å²) >= 11 is 0. The van der Waals surface area contributed by atoms with Crippen molar-refractivity contribution in [2.24, 2.45) is 0 Å². The normalized spacial score (nSPS) is 18.1. The number of alkyl halides is 5. The Morgan fingerprint density at radius 2 is 1.84 bits per heavy atom. The molecule has 1 atom stereocenters. The monoisotopic (exact) mass is 548 g/mol.